The molecule has 23 heavy (non-hydrogen) atoms. The highest BCUT2D eigenvalue weighted by Crippen LogP contribution is 2.37. The van der Waals surface area contributed by atoms with Crippen LogP contribution in [0.25, 0.3) is 5.69 Å². The van der Waals surface area contributed by atoms with Gasteiger partial charge in [0.1, 0.15) is 11.9 Å². The van der Waals surface area contributed by atoms with Gasteiger partial charge in [0.25, 0.3) is 0 Å². The van der Waals surface area contributed by atoms with Gasteiger partial charge in [0.2, 0.25) is 0 Å². The topological polar surface area (TPSA) is 39.1 Å². The van der Waals surface area contributed by atoms with Crippen LogP contribution in [0.1, 0.15) is 43.0 Å². The second-order valence-electron chi connectivity index (χ2n) is 6.11. The van der Waals surface area contributed by atoms with Crippen molar-refractivity contribution in [3.8, 4) is 5.69 Å². The molecule has 2 aromatic rings. The van der Waals surface area contributed by atoms with Gasteiger partial charge in [0, 0.05) is 18.7 Å². The molecule has 0 saturated carbocycles. The SMILES string of the molecule is Clc1ccc(-n2nc(C3CCCO3)c3c2NCCCC3)cc1Cl. The van der Waals surface area contributed by atoms with E-state index in [0.29, 0.717) is 10.0 Å². The molecule has 1 unspecified atom stereocenters. The molecule has 4 nitrogen and oxygen atoms in total. The number of anilines is 1. The summed E-state index contributed by atoms with van der Waals surface area (Å²) in [5, 5.41) is 9.52. The number of ether oxygens (including phenoxy) is 1. The standard InChI is InChI=1S/C17H19Cl2N3O/c18-13-7-6-11(10-14(13)19)22-17-12(4-1-2-8-20-17)16(21-22)15-5-3-9-23-15/h6-7,10,15,20H,1-5,8-9H2. The summed E-state index contributed by atoms with van der Waals surface area (Å²) in [7, 11) is 0. The van der Waals surface area contributed by atoms with E-state index in [0.717, 1.165) is 49.6 Å². The molecule has 1 aromatic carbocycles. The molecular weight excluding hydrogens is 333 g/mol. The second kappa shape index (κ2) is 6.34. The first kappa shape index (κ1) is 15.3. The number of hydrogen-bond donors (Lipinski definition) is 1. The molecule has 1 N–H and O–H groups in total. The minimum atomic E-state index is 0.118. The Labute approximate surface area is 145 Å². The van der Waals surface area contributed by atoms with E-state index >= 15 is 0 Å². The van der Waals surface area contributed by atoms with Gasteiger partial charge in [-0.2, -0.15) is 5.10 Å². The summed E-state index contributed by atoms with van der Waals surface area (Å²) < 4.78 is 7.85. The van der Waals surface area contributed by atoms with Crippen LogP contribution in [-0.4, -0.2) is 22.9 Å². The van der Waals surface area contributed by atoms with Crippen LogP contribution >= 0.6 is 23.2 Å². The van der Waals surface area contributed by atoms with Crippen LogP contribution < -0.4 is 5.32 Å². The fourth-order valence-corrected chi connectivity index (χ4v) is 3.68. The lowest BCUT2D eigenvalue weighted by Crippen LogP contribution is -2.07. The van der Waals surface area contributed by atoms with Crippen molar-refractivity contribution >= 4 is 29.0 Å². The van der Waals surface area contributed by atoms with Gasteiger partial charge in [-0.25, -0.2) is 4.68 Å². The van der Waals surface area contributed by atoms with E-state index in [1.165, 1.54) is 18.4 Å². The number of halogens is 2. The predicted molar refractivity (Wildman–Crippen MR) is 92.9 cm³/mol. The Hall–Kier alpha value is -1.23. The molecule has 122 valence electrons. The minimum Gasteiger partial charge on any atom is -0.372 e. The number of nitrogens with zero attached hydrogens (tertiary/aromatic N) is 2. The maximum absolute atomic E-state index is 6.19. The zero-order valence-electron chi connectivity index (χ0n) is 12.8. The number of rotatable bonds is 2. The van der Waals surface area contributed by atoms with Crippen molar-refractivity contribution in [3.63, 3.8) is 0 Å². The number of aromatic nitrogens is 2. The van der Waals surface area contributed by atoms with Gasteiger partial charge in [-0.3, -0.25) is 0 Å². The molecule has 0 spiro atoms. The van der Waals surface area contributed by atoms with E-state index in [4.69, 9.17) is 33.0 Å². The Kier molecular flexibility index (Phi) is 4.22. The normalized spacial score (nSPS) is 20.9. The van der Waals surface area contributed by atoms with Crippen molar-refractivity contribution in [2.45, 2.75) is 38.2 Å². The van der Waals surface area contributed by atoms with Gasteiger partial charge in [-0.1, -0.05) is 23.2 Å². The number of fused-ring (bicyclic) bond motifs is 1. The average molecular weight is 352 g/mol. The Morgan fingerprint density at radius 1 is 1.17 bits per heavy atom. The first-order valence-corrected chi connectivity index (χ1v) is 8.92. The maximum Gasteiger partial charge on any atom is 0.133 e. The van der Waals surface area contributed by atoms with Gasteiger partial charge in [-0.05, 0) is 50.3 Å². The molecule has 0 bridgehead atoms. The van der Waals surface area contributed by atoms with Crippen molar-refractivity contribution in [1.82, 2.24) is 9.78 Å². The van der Waals surface area contributed by atoms with E-state index in [1.54, 1.807) is 0 Å². The van der Waals surface area contributed by atoms with Crippen LogP contribution in [0.4, 0.5) is 5.82 Å². The fourth-order valence-electron chi connectivity index (χ4n) is 3.38. The predicted octanol–water partition coefficient (Wildman–Crippen LogP) is 4.78. The van der Waals surface area contributed by atoms with Crippen molar-refractivity contribution in [2.75, 3.05) is 18.5 Å². The Morgan fingerprint density at radius 3 is 2.87 bits per heavy atom. The highest BCUT2D eigenvalue weighted by atomic mass is 35.5. The third kappa shape index (κ3) is 2.84. The molecule has 0 radical (unpaired) electrons. The van der Waals surface area contributed by atoms with Crippen LogP contribution in [0.2, 0.25) is 10.0 Å². The molecule has 0 amide bonds. The number of benzene rings is 1. The van der Waals surface area contributed by atoms with Crippen LogP contribution in [0, 0.1) is 0 Å². The molecule has 6 heteroatoms. The molecule has 2 aliphatic heterocycles. The maximum atomic E-state index is 6.19. The molecule has 1 saturated heterocycles. The van der Waals surface area contributed by atoms with Gasteiger partial charge in [0.15, 0.2) is 0 Å². The van der Waals surface area contributed by atoms with E-state index in [2.05, 4.69) is 5.32 Å². The minimum absolute atomic E-state index is 0.118. The van der Waals surface area contributed by atoms with E-state index in [-0.39, 0.29) is 6.10 Å². The Bertz CT molecular complexity index is 723. The van der Waals surface area contributed by atoms with Gasteiger partial charge < -0.3 is 10.1 Å². The van der Waals surface area contributed by atoms with Crippen molar-refractivity contribution in [3.05, 3.63) is 39.5 Å². The lowest BCUT2D eigenvalue weighted by atomic mass is 10.0. The Balaban J connectivity index is 1.83. The van der Waals surface area contributed by atoms with Gasteiger partial charge in [-0.15, -0.1) is 0 Å². The molecule has 0 aliphatic carbocycles. The van der Waals surface area contributed by atoms with Crippen molar-refractivity contribution in [2.24, 2.45) is 0 Å². The second-order valence-corrected chi connectivity index (χ2v) is 6.92. The van der Waals surface area contributed by atoms with Crippen LogP contribution in [0.3, 0.4) is 0 Å². The average Bonchev–Trinajstić information content (AvgIpc) is 3.12. The van der Waals surface area contributed by atoms with Gasteiger partial charge in [0.05, 0.1) is 21.4 Å². The fraction of sp³-hybridized carbons (Fsp3) is 0.471. The molecule has 2 aliphatic rings. The summed E-state index contributed by atoms with van der Waals surface area (Å²) in [5.74, 6) is 1.08. The van der Waals surface area contributed by atoms with Gasteiger partial charge >= 0.3 is 0 Å². The molecule has 3 heterocycles. The van der Waals surface area contributed by atoms with Crippen molar-refractivity contribution < 1.29 is 4.74 Å². The third-order valence-electron chi connectivity index (χ3n) is 4.54. The molecule has 1 atom stereocenters. The lowest BCUT2D eigenvalue weighted by molar-refractivity contribution is 0.107. The largest absolute Gasteiger partial charge is 0.372 e. The third-order valence-corrected chi connectivity index (χ3v) is 5.28. The van der Waals surface area contributed by atoms with E-state index < -0.39 is 0 Å². The van der Waals surface area contributed by atoms with Crippen LogP contribution in [-0.2, 0) is 11.2 Å². The van der Waals surface area contributed by atoms with Crippen molar-refractivity contribution in [1.29, 1.82) is 0 Å². The highest BCUT2D eigenvalue weighted by molar-refractivity contribution is 6.42. The number of nitrogens with one attached hydrogen (secondary N) is 1. The summed E-state index contributed by atoms with van der Waals surface area (Å²) in [4.78, 5) is 0. The van der Waals surface area contributed by atoms with Crippen LogP contribution in [0.15, 0.2) is 18.2 Å². The quantitative estimate of drug-likeness (QED) is 0.846. The first-order valence-electron chi connectivity index (χ1n) is 8.17. The lowest BCUT2D eigenvalue weighted by Gasteiger charge is -2.10. The summed E-state index contributed by atoms with van der Waals surface area (Å²) in [6.45, 7) is 1.79. The summed E-state index contributed by atoms with van der Waals surface area (Å²) in [6, 6.07) is 5.63. The molecule has 1 fully saturated rings. The Morgan fingerprint density at radius 2 is 2.09 bits per heavy atom. The van der Waals surface area contributed by atoms with E-state index in [1.807, 2.05) is 22.9 Å². The smallest absolute Gasteiger partial charge is 0.133 e. The summed E-state index contributed by atoms with van der Waals surface area (Å²) in [6.07, 6.45) is 5.65. The molecule has 1 aromatic heterocycles. The first-order chi connectivity index (χ1) is 11.2. The summed E-state index contributed by atoms with van der Waals surface area (Å²) >= 11 is 12.2. The monoisotopic (exact) mass is 351 g/mol. The van der Waals surface area contributed by atoms with E-state index in [9.17, 15) is 0 Å². The zero-order chi connectivity index (χ0) is 15.8. The molecule has 4 rings (SSSR count). The number of hydrogen-bond acceptors (Lipinski definition) is 3. The van der Waals surface area contributed by atoms with Crippen LogP contribution in [0.5, 0.6) is 0 Å². The summed E-state index contributed by atoms with van der Waals surface area (Å²) in [5.41, 5.74) is 3.30. The molecular formula is C17H19Cl2N3O. The zero-order valence-corrected chi connectivity index (χ0v) is 14.3. The highest BCUT2D eigenvalue weighted by Gasteiger charge is 2.28.